The number of sulfone groups is 1. The van der Waals surface area contributed by atoms with Crippen LogP contribution in [0.4, 0.5) is 20.3 Å². The topological polar surface area (TPSA) is 247 Å². The van der Waals surface area contributed by atoms with Crippen LogP contribution in [0.15, 0.2) is 86.9 Å². The van der Waals surface area contributed by atoms with E-state index in [0.29, 0.717) is 58.8 Å². The number of hydrogen-bond donors (Lipinski definition) is 4. The van der Waals surface area contributed by atoms with Crippen molar-refractivity contribution >= 4 is 67.1 Å². The number of β-amino-alcohol motifs (C(OH)–C–C–N with tert-alkyl or cyclic N) is 1. The number of amidine groups is 1. The van der Waals surface area contributed by atoms with Crippen LogP contribution in [0.1, 0.15) is 90.9 Å². The zero-order valence-electron chi connectivity index (χ0n) is 43.0. The second-order valence-electron chi connectivity index (χ2n) is 20.4. The first-order chi connectivity index (χ1) is 36.7. The molecular formula is C54H56F2N10O9S2. The van der Waals surface area contributed by atoms with Gasteiger partial charge in [-0.3, -0.25) is 19.2 Å². The zero-order chi connectivity index (χ0) is 54.7. The summed E-state index contributed by atoms with van der Waals surface area (Å²) in [6.07, 6.45) is 6.12. The number of nitrogens with one attached hydrogen (secondary N) is 3. The number of aromatic amines is 1. The average Bonchev–Trinajstić information content (AvgIpc) is 4.34. The van der Waals surface area contributed by atoms with Gasteiger partial charge in [0.25, 0.3) is 23.3 Å². The molecule has 0 saturated carbocycles. The number of unbranched alkanes of at least 4 members (excludes halogenated alkanes) is 2. The standard InChI is InChI=1S/C54H56F2N10O9S2/c1-28(2)44(51(69)66-24-35(67)18-41(66)48-61-53(71)54(4,62-48)33-12-10-30(11-13-33)47-29(3)60-27-76-47)42-20-43(63-75-42)74-15-9-7-8-14-57-50(68)36-19-40-37(16-31(36)26-77(6,72)73)38-25-64(5)52(70)46-45(38)32(21-58-46)23-65(40)49-39(56)17-34(55)22-59-49/h10-13,16-17,19-22,25,27-28,35,41,44,58,67H,7-9,14-15,18,23-24,26H2,1-6H3,(H,57,68)(H,61,62,71)/t35-,41+,44-,54-/m1/s1. The molecule has 7 aromatic rings. The maximum absolute atomic E-state index is 15.6. The summed E-state index contributed by atoms with van der Waals surface area (Å²) in [5.74, 6) is -4.17. The summed E-state index contributed by atoms with van der Waals surface area (Å²) >= 11 is 1.54. The molecule has 0 spiro atoms. The molecule has 1 saturated heterocycles. The molecule has 8 heterocycles. The Bertz CT molecular complexity index is 3680. The second kappa shape index (κ2) is 20.7. The minimum atomic E-state index is -3.70. The SMILES string of the molecule is Cc1ncsc1-c1ccc([C@@]2(C)N=C([C@@H]3C[C@@H](O)CN3C(=O)[C@@H](c3cc(OCCCCCNC(=O)c4cc5c(cc4CS(C)(=O)=O)-c4cn(C)c(=O)c6[nH]cc(c46)CN5c4ncc(F)cc4F)no3)C(C)C)NC2=O)cc1. The van der Waals surface area contributed by atoms with Crippen molar-refractivity contribution in [1.82, 2.24) is 40.2 Å². The summed E-state index contributed by atoms with van der Waals surface area (Å²) in [6.45, 7) is 7.84. The lowest BCUT2D eigenvalue weighted by Gasteiger charge is -2.29. The number of pyridine rings is 2. The van der Waals surface area contributed by atoms with Gasteiger partial charge in [-0.15, -0.1) is 11.3 Å². The fraction of sp³-hybridized carbons (Fsp3) is 0.370. The van der Waals surface area contributed by atoms with Crippen LogP contribution in [0.5, 0.6) is 5.88 Å². The van der Waals surface area contributed by atoms with Crippen LogP contribution < -0.4 is 25.8 Å². The molecule has 402 valence electrons. The number of benzene rings is 2. The number of aliphatic imine (C=N–C) groups is 1. The Labute approximate surface area is 445 Å². The molecule has 0 unspecified atom stereocenters. The van der Waals surface area contributed by atoms with Crippen LogP contribution in [-0.2, 0) is 44.3 Å². The van der Waals surface area contributed by atoms with E-state index in [0.717, 1.165) is 28.6 Å². The summed E-state index contributed by atoms with van der Waals surface area (Å²) in [7, 11) is -2.13. The average molecular weight is 1090 g/mol. The molecule has 0 radical (unpaired) electrons. The number of anilines is 2. The number of fused-ring (bicyclic) bond motifs is 2. The van der Waals surface area contributed by atoms with E-state index < -0.39 is 56.7 Å². The molecule has 0 aliphatic carbocycles. The van der Waals surface area contributed by atoms with Crippen molar-refractivity contribution in [3.05, 3.63) is 128 Å². The van der Waals surface area contributed by atoms with E-state index in [-0.39, 0.29) is 95.7 Å². The molecule has 10 rings (SSSR count). The van der Waals surface area contributed by atoms with Crippen LogP contribution in [0.2, 0.25) is 0 Å². The molecule has 19 nitrogen and oxygen atoms in total. The Morgan fingerprint density at radius 1 is 1.06 bits per heavy atom. The van der Waals surface area contributed by atoms with Gasteiger partial charge in [0, 0.05) is 79.4 Å². The summed E-state index contributed by atoms with van der Waals surface area (Å²) in [5, 5.41) is 21.3. The van der Waals surface area contributed by atoms with Gasteiger partial charge in [0.05, 0.1) is 59.0 Å². The maximum Gasteiger partial charge on any atom is 0.274 e. The van der Waals surface area contributed by atoms with E-state index in [4.69, 9.17) is 14.3 Å². The third kappa shape index (κ3) is 10.3. The number of halogens is 2. The summed E-state index contributed by atoms with van der Waals surface area (Å²) in [6, 6.07) is 12.2. The molecule has 0 bridgehead atoms. The predicted octanol–water partition coefficient (Wildman–Crippen LogP) is 6.95. The van der Waals surface area contributed by atoms with Gasteiger partial charge in [-0.1, -0.05) is 38.1 Å². The maximum atomic E-state index is 15.6. The van der Waals surface area contributed by atoms with Crippen LogP contribution in [0.25, 0.3) is 32.5 Å². The number of rotatable bonds is 17. The Morgan fingerprint density at radius 2 is 1.84 bits per heavy atom. The Balaban J connectivity index is 0.783. The first-order valence-electron chi connectivity index (χ1n) is 25.1. The molecule has 23 heteroatoms. The molecule has 2 aromatic carbocycles. The van der Waals surface area contributed by atoms with Crippen molar-refractivity contribution in [2.45, 2.75) is 89.3 Å². The third-order valence-corrected chi connectivity index (χ3v) is 16.2. The van der Waals surface area contributed by atoms with Crippen LogP contribution in [-0.4, -0.2) is 105 Å². The quantitative estimate of drug-likeness (QED) is 0.0676. The Hall–Kier alpha value is -7.63. The number of amides is 3. The normalized spacial score (nSPS) is 18.6. The minimum absolute atomic E-state index is 0.0259. The smallest absolute Gasteiger partial charge is 0.274 e. The van der Waals surface area contributed by atoms with Crippen molar-refractivity contribution in [2.24, 2.45) is 18.0 Å². The van der Waals surface area contributed by atoms with Gasteiger partial charge >= 0.3 is 0 Å². The monoisotopic (exact) mass is 1090 g/mol. The molecular weight excluding hydrogens is 1030 g/mol. The van der Waals surface area contributed by atoms with Crippen molar-refractivity contribution in [3.63, 3.8) is 0 Å². The number of ether oxygens (including phenoxy) is 1. The van der Waals surface area contributed by atoms with E-state index in [1.807, 2.05) is 45.0 Å². The Kier molecular flexibility index (Phi) is 14.2. The number of hydrogen-bond acceptors (Lipinski definition) is 15. The van der Waals surface area contributed by atoms with Crippen molar-refractivity contribution in [3.8, 4) is 27.4 Å². The summed E-state index contributed by atoms with van der Waals surface area (Å²) in [4.78, 5) is 75.7. The molecule has 3 aliphatic heterocycles. The van der Waals surface area contributed by atoms with E-state index in [1.165, 1.54) is 26.9 Å². The van der Waals surface area contributed by atoms with E-state index in [9.17, 15) is 37.1 Å². The van der Waals surface area contributed by atoms with Crippen molar-refractivity contribution in [1.29, 1.82) is 0 Å². The summed E-state index contributed by atoms with van der Waals surface area (Å²) < 4.78 is 68.4. The highest BCUT2D eigenvalue weighted by Crippen LogP contribution is 2.45. The van der Waals surface area contributed by atoms with Gasteiger partial charge < -0.3 is 44.4 Å². The molecule has 3 aliphatic rings. The largest absolute Gasteiger partial charge is 0.476 e. The van der Waals surface area contributed by atoms with Crippen molar-refractivity contribution < 1.29 is 45.9 Å². The van der Waals surface area contributed by atoms with Gasteiger partial charge in [0.15, 0.2) is 32.8 Å². The zero-order valence-corrected chi connectivity index (χ0v) is 44.7. The molecule has 77 heavy (non-hydrogen) atoms. The fourth-order valence-corrected chi connectivity index (χ4v) is 12.1. The van der Waals surface area contributed by atoms with E-state index in [2.05, 4.69) is 30.7 Å². The number of aliphatic hydroxyl groups is 1. The van der Waals surface area contributed by atoms with Crippen LogP contribution >= 0.6 is 11.3 Å². The van der Waals surface area contributed by atoms with Gasteiger partial charge in [0.1, 0.15) is 23.1 Å². The number of H-pyrrole nitrogens is 1. The Morgan fingerprint density at radius 3 is 2.56 bits per heavy atom. The van der Waals surface area contributed by atoms with Gasteiger partial charge in [-0.2, -0.15) is 0 Å². The lowest BCUT2D eigenvalue weighted by molar-refractivity contribution is -0.134. The molecule has 3 amide bonds. The number of aryl methyl sites for hydroxylation is 2. The molecule has 1 fully saturated rings. The number of carbonyl (C=O) groups is 3. The number of likely N-dealkylation sites (tertiary alicyclic amines) is 1. The van der Waals surface area contributed by atoms with Crippen LogP contribution in [0.3, 0.4) is 0 Å². The number of aliphatic hydroxyl groups excluding tert-OH is 1. The van der Waals surface area contributed by atoms with Gasteiger partial charge in [0.2, 0.25) is 5.91 Å². The van der Waals surface area contributed by atoms with E-state index >= 15 is 4.39 Å². The second-order valence-corrected chi connectivity index (χ2v) is 23.4. The number of aromatic nitrogens is 5. The lowest BCUT2D eigenvalue weighted by Crippen LogP contribution is -2.48. The van der Waals surface area contributed by atoms with Gasteiger partial charge in [-0.25, -0.2) is 32.2 Å². The number of nitrogens with zero attached hydrogens (tertiary/aromatic N) is 7. The number of carbonyl (C=O) groups excluding carboxylic acids is 3. The van der Waals surface area contributed by atoms with Crippen molar-refractivity contribution in [2.75, 3.05) is 30.9 Å². The lowest BCUT2D eigenvalue weighted by atomic mass is 9.91. The fourth-order valence-electron chi connectivity index (χ4n) is 10.5. The molecule has 5 aromatic heterocycles. The van der Waals surface area contributed by atoms with Crippen LogP contribution in [0, 0.1) is 24.5 Å². The third-order valence-electron chi connectivity index (χ3n) is 14.4. The summed E-state index contributed by atoms with van der Waals surface area (Å²) in [5.41, 5.74) is 5.10. The van der Waals surface area contributed by atoms with E-state index in [1.54, 1.807) is 48.9 Å². The number of thiazole rings is 1. The first kappa shape index (κ1) is 52.8. The first-order valence-corrected chi connectivity index (χ1v) is 28.0. The molecule has 4 N–H and O–H groups in total. The predicted molar refractivity (Wildman–Crippen MR) is 285 cm³/mol. The highest BCUT2D eigenvalue weighted by Gasteiger charge is 2.48. The highest BCUT2D eigenvalue weighted by atomic mass is 32.2. The van der Waals surface area contributed by atoms with Gasteiger partial charge in [-0.05, 0) is 78.6 Å². The molecule has 4 atom stereocenters. The highest BCUT2D eigenvalue weighted by molar-refractivity contribution is 7.89. The minimum Gasteiger partial charge on any atom is -0.476 e.